The predicted molar refractivity (Wildman–Crippen MR) is 122 cm³/mol. The molecular formula is C25H27ClN2O3. The third kappa shape index (κ3) is 2.67. The van der Waals surface area contributed by atoms with Crippen molar-refractivity contribution in [3.8, 4) is 11.5 Å². The van der Waals surface area contributed by atoms with E-state index < -0.39 is 11.0 Å². The van der Waals surface area contributed by atoms with Crippen LogP contribution in [0.2, 0.25) is 0 Å². The molecule has 0 amide bonds. The Morgan fingerprint density at radius 3 is 2.74 bits per heavy atom. The minimum Gasteiger partial charge on any atom is -0.508 e. The number of aliphatic hydroxyl groups is 1. The monoisotopic (exact) mass is 438 g/mol. The van der Waals surface area contributed by atoms with Crippen LogP contribution in [0.3, 0.4) is 0 Å². The van der Waals surface area contributed by atoms with Crippen molar-refractivity contribution >= 4 is 23.3 Å². The lowest BCUT2D eigenvalue weighted by Gasteiger charge is -2.63. The molecule has 2 heterocycles. The van der Waals surface area contributed by atoms with Crippen molar-refractivity contribution < 1.29 is 14.9 Å². The van der Waals surface area contributed by atoms with Crippen LogP contribution in [0.25, 0.3) is 10.9 Å². The van der Waals surface area contributed by atoms with Gasteiger partial charge < -0.3 is 19.8 Å². The fourth-order valence-electron chi connectivity index (χ4n) is 6.38. The highest BCUT2D eigenvalue weighted by molar-refractivity contribution is 5.85. The molecule has 1 aromatic heterocycles. The number of hydrogen-bond acceptors (Lipinski definition) is 5. The largest absolute Gasteiger partial charge is 0.508 e. The summed E-state index contributed by atoms with van der Waals surface area (Å²) in [7, 11) is 3.79. The number of likely N-dealkylation sites (N-methyl/N-ethyl adjacent to an activating group) is 1. The average Bonchev–Trinajstić information content (AvgIpc) is 2.73. The summed E-state index contributed by atoms with van der Waals surface area (Å²) in [5, 5.41) is 23.7. The summed E-state index contributed by atoms with van der Waals surface area (Å²) in [6.45, 7) is 0.929. The molecule has 0 unspecified atom stereocenters. The topological polar surface area (TPSA) is 65.8 Å². The molecule has 6 rings (SSSR count). The van der Waals surface area contributed by atoms with Gasteiger partial charge in [0, 0.05) is 41.4 Å². The lowest BCUT2D eigenvalue weighted by molar-refractivity contribution is -0.145. The first kappa shape index (κ1) is 20.6. The SMILES string of the molecule is COc1ccc2cc3c(nc2c1)C[C@]12CCN(C)[C@H](Cc4ccc(O)cc41)[C@]2(O)C3.Cl. The number of piperidine rings is 1. The van der Waals surface area contributed by atoms with E-state index in [4.69, 9.17) is 9.72 Å². The number of fused-ring (bicyclic) bond motifs is 3. The Balaban J connectivity index is 0.00000204. The molecule has 0 radical (unpaired) electrons. The van der Waals surface area contributed by atoms with Gasteiger partial charge in [0.2, 0.25) is 0 Å². The first-order chi connectivity index (χ1) is 14.4. The van der Waals surface area contributed by atoms with Crippen LogP contribution in [0.4, 0.5) is 0 Å². The molecule has 31 heavy (non-hydrogen) atoms. The summed E-state index contributed by atoms with van der Waals surface area (Å²) in [5.74, 6) is 1.07. The van der Waals surface area contributed by atoms with Crippen molar-refractivity contribution in [3.05, 3.63) is 64.8 Å². The lowest BCUT2D eigenvalue weighted by Crippen LogP contribution is -2.73. The Hall–Kier alpha value is -2.34. The van der Waals surface area contributed by atoms with Crippen molar-refractivity contribution in [1.82, 2.24) is 9.88 Å². The molecule has 5 nitrogen and oxygen atoms in total. The van der Waals surface area contributed by atoms with E-state index in [0.29, 0.717) is 12.8 Å². The van der Waals surface area contributed by atoms with Crippen molar-refractivity contribution in [2.24, 2.45) is 0 Å². The van der Waals surface area contributed by atoms with Crippen LogP contribution in [0.15, 0.2) is 42.5 Å². The molecule has 2 aliphatic carbocycles. The van der Waals surface area contributed by atoms with Crippen LogP contribution in [-0.4, -0.2) is 52.4 Å². The van der Waals surface area contributed by atoms with E-state index in [-0.39, 0.29) is 24.2 Å². The molecule has 0 saturated carbocycles. The number of aromatic hydroxyl groups is 1. The molecule has 1 fully saturated rings. The molecule has 0 spiro atoms. The van der Waals surface area contributed by atoms with Gasteiger partial charge in [-0.3, -0.25) is 4.98 Å². The summed E-state index contributed by atoms with van der Waals surface area (Å²) in [6.07, 6.45) is 2.93. The van der Waals surface area contributed by atoms with E-state index in [1.165, 1.54) is 5.56 Å². The number of benzene rings is 2. The van der Waals surface area contributed by atoms with Crippen LogP contribution < -0.4 is 4.74 Å². The molecule has 2 bridgehead atoms. The highest BCUT2D eigenvalue weighted by Crippen LogP contribution is 2.57. The lowest BCUT2D eigenvalue weighted by atomic mass is 9.49. The number of nitrogens with zero attached hydrogens (tertiary/aromatic N) is 2. The van der Waals surface area contributed by atoms with Crippen LogP contribution in [0.1, 0.15) is 28.8 Å². The molecule has 3 atom stereocenters. The Morgan fingerprint density at radius 2 is 1.94 bits per heavy atom. The zero-order chi connectivity index (χ0) is 20.7. The van der Waals surface area contributed by atoms with Crippen LogP contribution in [0, 0.1) is 0 Å². The molecule has 1 aliphatic heterocycles. The number of ether oxygens (including phenoxy) is 1. The number of halogens is 1. The van der Waals surface area contributed by atoms with E-state index in [1.54, 1.807) is 13.2 Å². The summed E-state index contributed by atoms with van der Waals surface area (Å²) in [4.78, 5) is 7.35. The molecule has 2 aromatic carbocycles. The quantitative estimate of drug-likeness (QED) is 0.609. The summed E-state index contributed by atoms with van der Waals surface area (Å²) in [5.41, 5.74) is 4.15. The van der Waals surface area contributed by atoms with E-state index in [1.807, 2.05) is 30.3 Å². The van der Waals surface area contributed by atoms with Crippen molar-refractivity contribution in [1.29, 1.82) is 0 Å². The Kier molecular flexibility index (Phi) is 4.53. The summed E-state index contributed by atoms with van der Waals surface area (Å²) < 4.78 is 5.39. The fraction of sp³-hybridized carbons (Fsp3) is 0.400. The maximum absolute atomic E-state index is 12.3. The van der Waals surface area contributed by atoms with Gasteiger partial charge in [0.15, 0.2) is 0 Å². The van der Waals surface area contributed by atoms with Gasteiger partial charge in [0.25, 0.3) is 0 Å². The number of rotatable bonds is 1. The van der Waals surface area contributed by atoms with Crippen molar-refractivity contribution in [2.45, 2.75) is 42.7 Å². The van der Waals surface area contributed by atoms with E-state index >= 15 is 0 Å². The maximum Gasteiger partial charge on any atom is 0.121 e. The summed E-state index contributed by atoms with van der Waals surface area (Å²) in [6, 6.07) is 13.9. The molecule has 3 aliphatic rings. The second-order valence-corrected chi connectivity index (χ2v) is 9.30. The Morgan fingerprint density at radius 1 is 1.10 bits per heavy atom. The number of methoxy groups -OCH3 is 1. The number of phenolic OH excluding ortho intramolecular Hbond substituents is 1. The normalized spacial score (nSPS) is 28.8. The van der Waals surface area contributed by atoms with Gasteiger partial charge in [-0.05, 0) is 73.5 Å². The molecule has 1 saturated heterocycles. The minimum atomic E-state index is -0.879. The molecule has 6 heteroatoms. The van der Waals surface area contributed by atoms with E-state index in [0.717, 1.165) is 52.9 Å². The van der Waals surface area contributed by atoms with Gasteiger partial charge in [-0.15, -0.1) is 12.4 Å². The van der Waals surface area contributed by atoms with Crippen LogP contribution in [-0.2, 0) is 24.7 Å². The van der Waals surface area contributed by atoms with E-state index in [9.17, 15) is 10.2 Å². The van der Waals surface area contributed by atoms with Crippen LogP contribution >= 0.6 is 12.4 Å². The highest BCUT2D eigenvalue weighted by Gasteiger charge is 2.64. The van der Waals surface area contributed by atoms with E-state index in [2.05, 4.69) is 18.0 Å². The van der Waals surface area contributed by atoms with Crippen LogP contribution in [0.5, 0.6) is 11.5 Å². The maximum atomic E-state index is 12.3. The average molecular weight is 439 g/mol. The smallest absolute Gasteiger partial charge is 0.121 e. The number of phenols is 1. The molecular weight excluding hydrogens is 412 g/mol. The van der Waals surface area contributed by atoms with Gasteiger partial charge in [-0.25, -0.2) is 0 Å². The van der Waals surface area contributed by atoms with Gasteiger partial charge >= 0.3 is 0 Å². The first-order valence-corrected chi connectivity index (χ1v) is 10.7. The number of aromatic nitrogens is 1. The third-order valence-corrected chi connectivity index (χ3v) is 7.95. The molecule has 2 N–H and O–H groups in total. The third-order valence-electron chi connectivity index (χ3n) is 7.95. The predicted octanol–water partition coefficient (Wildman–Crippen LogP) is 3.40. The standard InChI is InChI=1S/C25H26N2O3.ClH/c1-27-8-7-24-14-22-17(9-16-4-6-19(30-2)12-21(16)26-22)13-25(24,29)23(27)10-15-3-5-18(28)11-20(15)24;/h3-6,9,11-12,23,28-29H,7-8,10,13-14H2,1-2H3;1H/t23-,24-,25-;/m1./s1. The second-order valence-electron chi connectivity index (χ2n) is 9.30. The molecule has 162 valence electrons. The molecule has 3 aromatic rings. The van der Waals surface area contributed by atoms with Gasteiger partial charge in [0.05, 0.1) is 18.2 Å². The first-order valence-electron chi connectivity index (χ1n) is 10.7. The zero-order valence-corrected chi connectivity index (χ0v) is 18.6. The number of hydrogen-bond donors (Lipinski definition) is 2. The minimum absolute atomic E-state index is 0. The summed E-state index contributed by atoms with van der Waals surface area (Å²) >= 11 is 0. The zero-order valence-electron chi connectivity index (χ0n) is 17.8. The second kappa shape index (κ2) is 6.83. The fourth-order valence-corrected chi connectivity index (χ4v) is 6.38. The number of likely N-dealkylation sites (tertiary alicyclic amines) is 1. The van der Waals surface area contributed by atoms with Gasteiger partial charge in [-0.1, -0.05) is 6.07 Å². The van der Waals surface area contributed by atoms with Gasteiger partial charge in [0.1, 0.15) is 11.5 Å². The Labute approximate surface area is 188 Å². The highest BCUT2D eigenvalue weighted by atomic mass is 35.5. The van der Waals surface area contributed by atoms with Gasteiger partial charge in [-0.2, -0.15) is 0 Å². The Bertz CT molecular complexity index is 1200. The van der Waals surface area contributed by atoms with Crippen molar-refractivity contribution in [2.75, 3.05) is 20.7 Å². The van der Waals surface area contributed by atoms with Crippen molar-refractivity contribution in [3.63, 3.8) is 0 Å². The number of pyridine rings is 1.